The molecule has 1 atom stereocenters. The first-order valence-corrected chi connectivity index (χ1v) is 14.7. The summed E-state index contributed by atoms with van der Waals surface area (Å²) in [5.41, 5.74) is 1.76. The van der Waals surface area contributed by atoms with Gasteiger partial charge >= 0.3 is 0 Å². The van der Waals surface area contributed by atoms with Crippen molar-refractivity contribution in [3.63, 3.8) is 0 Å². The van der Waals surface area contributed by atoms with Gasteiger partial charge in [-0.15, -0.1) is 0 Å². The second-order valence-corrected chi connectivity index (χ2v) is 11.5. The van der Waals surface area contributed by atoms with Crippen LogP contribution in [0.4, 0.5) is 11.4 Å². The van der Waals surface area contributed by atoms with Gasteiger partial charge in [0.1, 0.15) is 18.0 Å². The molecule has 0 aliphatic rings. The Hall–Kier alpha value is -4.63. The molecule has 4 rings (SSSR count). The highest BCUT2D eigenvalue weighted by atomic mass is 32.2. The highest BCUT2D eigenvalue weighted by Crippen LogP contribution is 2.28. The number of carbonyl (C=O) groups excluding carboxylic acids is 2. The minimum absolute atomic E-state index is 0.0461. The lowest BCUT2D eigenvalue weighted by Gasteiger charge is -2.24. The van der Waals surface area contributed by atoms with Gasteiger partial charge in [0, 0.05) is 6.04 Å². The van der Waals surface area contributed by atoms with Crippen LogP contribution in [0.5, 0.6) is 11.5 Å². The maximum Gasteiger partial charge on any atom is 0.264 e. The molecule has 0 fully saturated rings. The molecule has 0 aliphatic carbocycles. The van der Waals surface area contributed by atoms with E-state index in [1.165, 1.54) is 12.1 Å². The number of para-hydroxylation sites is 2. The Morgan fingerprint density at radius 2 is 1.44 bits per heavy atom. The van der Waals surface area contributed by atoms with Gasteiger partial charge < -0.3 is 15.4 Å². The van der Waals surface area contributed by atoms with Crippen LogP contribution in [0.2, 0.25) is 0 Å². The van der Waals surface area contributed by atoms with Gasteiger partial charge in [-0.25, -0.2) is 8.42 Å². The molecule has 2 N–H and O–H groups in total. The number of carbonyl (C=O) groups is 2. The van der Waals surface area contributed by atoms with E-state index in [-0.39, 0.29) is 33.8 Å². The van der Waals surface area contributed by atoms with Crippen molar-refractivity contribution < 1.29 is 22.7 Å². The van der Waals surface area contributed by atoms with Crippen LogP contribution in [0.25, 0.3) is 0 Å². The van der Waals surface area contributed by atoms with Crippen molar-refractivity contribution in [2.45, 2.75) is 38.1 Å². The Morgan fingerprint density at radius 1 is 0.829 bits per heavy atom. The molecule has 41 heavy (non-hydrogen) atoms. The lowest BCUT2D eigenvalue weighted by Crippen LogP contribution is -2.38. The summed E-state index contributed by atoms with van der Waals surface area (Å²) in [5.74, 6) is 0.223. The van der Waals surface area contributed by atoms with Gasteiger partial charge in [0.2, 0.25) is 5.91 Å². The Balaban J connectivity index is 1.62. The van der Waals surface area contributed by atoms with Crippen LogP contribution in [0.15, 0.2) is 108 Å². The summed E-state index contributed by atoms with van der Waals surface area (Å²) in [7, 11) is -4.12. The van der Waals surface area contributed by atoms with Gasteiger partial charge in [-0.3, -0.25) is 13.9 Å². The van der Waals surface area contributed by atoms with Crippen LogP contribution in [0.1, 0.15) is 36.2 Å². The van der Waals surface area contributed by atoms with E-state index in [9.17, 15) is 18.0 Å². The third-order valence-electron chi connectivity index (χ3n) is 6.44. The predicted octanol–water partition coefficient (Wildman–Crippen LogP) is 6.15. The van der Waals surface area contributed by atoms with Crippen molar-refractivity contribution in [2.75, 3.05) is 16.2 Å². The number of rotatable bonds is 11. The van der Waals surface area contributed by atoms with Crippen molar-refractivity contribution in [3.05, 3.63) is 114 Å². The average molecular weight is 572 g/mol. The average Bonchev–Trinajstić information content (AvgIpc) is 2.97. The molecule has 4 aromatic carbocycles. The number of nitrogens with one attached hydrogen (secondary N) is 2. The van der Waals surface area contributed by atoms with Gasteiger partial charge in [0.25, 0.3) is 15.9 Å². The van der Waals surface area contributed by atoms with Gasteiger partial charge in [-0.1, -0.05) is 55.0 Å². The van der Waals surface area contributed by atoms with Crippen LogP contribution in [0, 0.1) is 6.92 Å². The maximum atomic E-state index is 13.8. The van der Waals surface area contributed by atoms with E-state index in [1.54, 1.807) is 60.7 Å². The molecule has 0 saturated carbocycles. The number of ether oxygens (including phenoxy) is 1. The van der Waals surface area contributed by atoms with Crippen LogP contribution in [-0.4, -0.2) is 32.8 Å². The Labute approximate surface area is 241 Å². The molecule has 0 spiro atoms. The summed E-state index contributed by atoms with van der Waals surface area (Å²) in [6, 6.07) is 28.7. The molecule has 8 nitrogen and oxygen atoms in total. The fraction of sp³-hybridized carbons (Fsp3) is 0.188. The first-order valence-electron chi connectivity index (χ1n) is 13.3. The molecule has 212 valence electrons. The molecule has 4 aromatic rings. The largest absolute Gasteiger partial charge is 0.457 e. The van der Waals surface area contributed by atoms with Crippen LogP contribution in [-0.2, 0) is 14.8 Å². The fourth-order valence-corrected chi connectivity index (χ4v) is 5.39. The van der Waals surface area contributed by atoms with E-state index in [0.717, 1.165) is 16.3 Å². The Morgan fingerprint density at radius 3 is 2.10 bits per heavy atom. The lowest BCUT2D eigenvalue weighted by molar-refractivity contribution is -0.114. The minimum atomic E-state index is -4.12. The number of nitrogens with zero attached hydrogens (tertiary/aromatic N) is 1. The number of aryl methyl sites for hydroxylation is 1. The molecule has 0 bridgehead atoms. The predicted molar refractivity (Wildman–Crippen MR) is 161 cm³/mol. The zero-order chi connectivity index (χ0) is 29.4. The standard InChI is InChI=1S/C32H33N3O5S/c1-4-24(3)33-32(37)29-12-8-9-13-30(29)34-31(36)22-35(41(38,39)28-20-14-23(2)15-21-28)25-16-18-27(19-17-25)40-26-10-6-5-7-11-26/h5-21,24H,4,22H2,1-3H3,(H,33,37)(H,34,36)/t24-/m0/s1. The zero-order valence-electron chi connectivity index (χ0n) is 23.2. The third-order valence-corrected chi connectivity index (χ3v) is 8.22. The Kier molecular flexibility index (Phi) is 9.41. The first-order chi connectivity index (χ1) is 19.7. The second-order valence-electron chi connectivity index (χ2n) is 9.61. The highest BCUT2D eigenvalue weighted by Gasteiger charge is 2.28. The third kappa shape index (κ3) is 7.52. The first kappa shape index (κ1) is 29.4. The van der Waals surface area contributed by atoms with Gasteiger partial charge in [-0.05, 0) is 80.9 Å². The van der Waals surface area contributed by atoms with Crippen LogP contribution < -0.4 is 19.7 Å². The summed E-state index contributed by atoms with van der Waals surface area (Å²) in [5, 5.41) is 5.62. The monoisotopic (exact) mass is 571 g/mol. The van der Waals surface area contributed by atoms with E-state index in [4.69, 9.17) is 4.74 Å². The summed E-state index contributed by atoms with van der Waals surface area (Å²) < 4.78 is 34.5. The van der Waals surface area contributed by atoms with Crippen molar-refractivity contribution in [2.24, 2.45) is 0 Å². The molecular weight excluding hydrogens is 538 g/mol. The highest BCUT2D eigenvalue weighted by molar-refractivity contribution is 7.92. The van der Waals surface area contributed by atoms with Crippen molar-refractivity contribution in [1.29, 1.82) is 0 Å². The molecule has 0 saturated heterocycles. The van der Waals surface area contributed by atoms with E-state index in [0.29, 0.717) is 11.5 Å². The molecule has 0 aromatic heterocycles. The van der Waals surface area contributed by atoms with E-state index >= 15 is 0 Å². The molecule has 2 amide bonds. The second kappa shape index (κ2) is 13.1. The molecule has 9 heteroatoms. The molecular formula is C32H33N3O5S. The molecule has 0 heterocycles. The number of benzene rings is 4. The SMILES string of the molecule is CC[C@H](C)NC(=O)c1ccccc1NC(=O)CN(c1ccc(Oc2ccccc2)cc1)S(=O)(=O)c1ccc(C)cc1. The smallest absolute Gasteiger partial charge is 0.264 e. The number of anilines is 2. The summed E-state index contributed by atoms with van der Waals surface area (Å²) in [4.78, 5) is 26.2. The summed E-state index contributed by atoms with van der Waals surface area (Å²) in [6.07, 6.45) is 0.751. The quantitative estimate of drug-likeness (QED) is 0.225. The Bertz CT molecular complexity index is 1590. The summed E-state index contributed by atoms with van der Waals surface area (Å²) in [6.45, 7) is 5.20. The molecule has 0 radical (unpaired) electrons. The van der Waals surface area contributed by atoms with Gasteiger partial charge in [0.15, 0.2) is 0 Å². The normalized spacial score (nSPS) is 11.8. The molecule has 0 unspecified atom stereocenters. The van der Waals surface area contributed by atoms with Crippen molar-refractivity contribution >= 4 is 33.2 Å². The summed E-state index contributed by atoms with van der Waals surface area (Å²) >= 11 is 0. The fourth-order valence-electron chi connectivity index (χ4n) is 3.97. The lowest BCUT2D eigenvalue weighted by atomic mass is 10.1. The van der Waals surface area contributed by atoms with Crippen molar-refractivity contribution in [3.8, 4) is 11.5 Å². The van der Waals surface area contributed by atoms with E-state index in [1.807, 2.05) is 51.1 Å². The number of hydrogen-bond donors (Lipinski definition) is 2. The van der Waals surface area contributed by atoms with E-state index in [2.05, 4.69) is 10.6 Å². The van der Waals surface area contributed by atoms with Crippen LogP contribution >= 0.6 is 0 Å². The number of sulfonamides is 1. The molecule has 0 aliphatic heterocycles. The van der Waals surface area contributed by atoms with Gasteiger partial charge in [0.05, 0.1) is 21.8 Å². The van der Waals surface area contributed by atoms with E-state index < -0.39 is 22.5 Å². The maximum absolute atomic E-state index is 13.8. The van der Waals surface area contributed by atoms with Crippen LogP contribution in [0.3, 0.4) is 0 Å². The topological polar surface area (TPSA) is 105 Å². The number of hydrogen-bond acceptors (Lipinski definition) is 5. The van der Waals surface area contributed by atoms with Crippen molar-refractivity contribution in [1.82, 2.24) is 5.32 Å². The minimum Gasteiger partial charge on any atom is -0.457 e. The zero-order valence-corrected chi connectivity index (χ0v) is 24.0. The van der Waals surface area contributed by atoms with Gasteiger partial charge in [-0.2, -0.15) is 0 Å². The number of amides is 2.